The molecular formula is C9H11Sb. The van der Waals surface area contributed by atoms with Crippen LogP contribution < -0.4 is 0 Å². The third-order valence-electron chi connectivity index (χ3n) is 1.25. The van der Waals surface area contributed by atoms with Crippen LogP contribution in [0.2, 0.25) is 0 Å². The number of benzene rings is 1. The van der Waals surface area contributed by atoms with Crippen molar-refractivity contribution in [2.45, 2.75) is 4.37 Å². The molecule has 0 bridgehead atoms. The summed E-state index contributed by atoms with van der Waals surface area (Å²) in [5, 5.41) is 0. The van der Waals surface area contributed by atoms with Crippen LogP contribution in [0.15, 0.2) is 30.3 Å². The molecule has 0 aromatic heterocycles. The molecule has 0 fully saturated rings. The molecule has 0 radical (unpaired) electrons. The molecule has 0 saturated carbocycles. The summed E-state index contributed by atoms with van der Waals surface area (Å²) in [6, 6.07) is 10.5. The van der Waals surface area contributed by atoms with Gasteiger partial charge in [0.1, 0.15) is 0 Å². The van der Waals surface area contributed by atoms with E-state index in [-0.39, 0.29) is 0 Å². The summed E-state index contributed by atoms with van der Waals surface area (Å²) in [6.45, 7) is 0. The third kappa shape index (κ3) is 2.58. The fourth-order valence-electron chi connectivity index (χ4n) is 0.842. The molecule has 0 nitrogen and oxygen atoms in total. The summed E-state index contributed by atoms with van der Waals surface area (Å²) in [5.74, 6) is 0. The Morgan fingerprint density at radius 3 is 2.20 bits per heavy atom. The van der Waals surface area contributed by atoms with Crippen LogP contribution in [0.5, 0.6) is 0 Å². The van der Waals surface area contributed by atoms with Gasteiger partial charge in [-0.2, -0.15) is 0 Å². The maximum atomic E-state index is 4.01. The average Bonchev–Trinajstić information content (AvgIpc) is 1.88. The summed E-state index contributed by atoms with van der Waals surface area (Å²) in [4.78, 5) is 0. The molecule has 1 aromatic rings. The molecule has 52 valence electrons. The van der Waals surface area contributed by atoms with E-state index in [9.17, 15) is 0 Å². The van der Waals surface area contributed by atoms with E-state index >= 15 is 0 Å². The summed E-state index contributed by atoms with van der Waals surface area (Å²) in [6.07, 6.45) is 0. The first kappa shape index (κ1) is 7.88. The van der Waals surface area contributed by atoms with Crippen molar-refractivity contribution in [3.63, 3.8) is 0 Å². The van der Waals surface area contributed by atoms with E-state index in [0.717, 1.165) is 4.37 Å². The average molecular weight is 241 g/mol. The van der Waals surface area contributed by atoms with Crippen LogP contribution in [0, 0.1) is 0 Å². The second-order valence-corrected chi connectivity index (χ2v) is 7.05. The predicted octanol–water partition coefficient (Wildman–Crippen LogP) is 1.29. The Kier molecular flexibility index (Phi) is 3.02. The van der Waals surface area contributed by atoms with Crippen molar-refractivity contribution in [2.24, 2.45) is 0 Å². The van der Waals surface area contributed by atoms with Gasteiger partial charge in [-0.1, -0.05) is 0 Å². The van der Waals surface area contributed by atoms with Crippen LogP contribution in [0.3, 0.4) is 0 Å². The molecule has 0 saturated heterocycles. The van der Waals surface area contributed by atoms with E-state index in [2.05, 4.69) is 33.2 Å². The van der Waals surface area contributed by atoms with Crippen LogP contribution in [-0.2, 0) is 4.37 Å². The zero-order valence-electron chi connectivity index (χ0n) is 5.96. The molecule has 0 N–H and O–H groups in total. The van der Waals surface area contributed by atoms with Gasteiger partial charge in [0.25, 0.3) is 0 Å². The minimum absolute atomic E-state index is 1.16. The Morgan fingerprint density at radius 1 is 1.10 bits per heavy atom. The normalized spacial score (nSPS) is 9.20. The quantitative estimate of drug-likeness (QED) is 0.684. The van der Waals surface area contributed by atoms with Gasteiger partial charge in [-0.05, 0) is 0 Å². The molecule has 0 aliphatic rings. The first-order chi connectivity index (χ1) is 4.79. The maximum absolute atomic E-state index is 4.01. The molecule has 0 spiro atoms. The Balaban J connectivity index is 2.77. The summed E-state index contributed by atoms with van der Waals surface area (Å²) in [7, 11) is 0. The first-order valence-corrected chi connectivity index (χ1v) is 8.63. The predicted molar refractivity (Wildman–Crippen MR) is 50.1 cm³/mol. The molecule has 0 aliphatic heterocycles. The summed E-state index contributed by atoms with van der Waals surface area (Å²) < 4.78 is 9.17. The Bertz CT molecular complexity index is 249. The monoisotopic (exact) mass is 240 g/mol. The van der Waals surface area contributed by atoms with Gasteiger partial charge in [0.05, 0.1) is 0 Å². The Morgan fingerprint density at radius 2 is 1.70 bits per heavy atom. The van der Waals surface area contributed by atoms with Gasteiger partial charge in [0.15, 0.2) is 0 Å². The van der Waals surface area contributed by atoms with Crippen molar-refractivity contribution in [1.29, 1.82) is 0 Å². The van der Waals surface area contributed by atoms with Gasteiger partial charge in [0.2, 0.25) is 0 Å². The molecule has 0 amide bonds. The van der Waals surface area contributed by atoms with E-state index in [1.807, 2.05) is 6.07 Å². The zero-order valence-corrected chi connectivity index (χ0v) is 8.51. The van der Waals surface area contributed by atoms with Gasteiger partial charge >= 0.3 is 68.4 Å². The second kappa shape index (κ2) is 3.83. The van der Waals surface area contributed by atoms with Gasteiger partial charge in [-0.15, -0.1) is 0 Å². The minimum atomic E-state index is -1.27. The summed E-state index contributed by atoms with van der Waals surface area (Å²) >= 11 is -1.27. The van der Waals surface area contributed by atoms with Crippen molar-refractivity contribution in [3.8, 4) is 0 Å². The molecule has 1 rings (SSSR count). The van der Waals surface area contributed by atoms with Gasteiger partial charge < -0.3 is 0 Å². The second-order valence-electron chi connectivity index (χ2n) is 2.31. The topological polar surface area (TPSA) is 0 Å². The van der Waals surface area contributed by atoms with Gasteiger partial charge in [0, 0.05) is 0 Å². The van der Waals surface area contributed by atoms with E-state index in [1.54, 1.807) is 0 Å². The zero-order chi connectivity index (χ0) is 7.40. The van der Waals surface area contributed by atoms with Crippen LogP contribution in [0.1, 0.15) is 5.56 Å². The van der Waals surface area contributed by atoms with Crippen LogP contribution in [-0.4, -0.2) is 28.2 Å². The molecule has 1 heteroatoms. The van der Waals surface area contributed by atoms with Crippen molar-refractivity contribution in [1.82, 2.24) is 0 Å². The van der Waals surface area contributed by atoms with E-state index < -0.39 is 19.3 Å². The molecule has 0 unspecified atom stereocenters. The molecule has 0 heterocycles. The number of hydrogen-bond acceptors (Lipinski definition) is 0. The first-order valence-electron chi connectivity index (χ1n) is 3.21. The SMILES string of the molecule is [CH2]=[Sb](=[CH2])[CH2]c1ccccc1. The van der Waals surface area contributed by atoms with Crippen LogP contribution in [0.25, 0.3) is 0 Å². The number of rotatable bonds is 2. The Labute approximate surface area is 68.4 Å². The molecule has 0 atom stereocenters. The Hall–Kier alpha value is -0.222. The van der Waals surface area contributed by atoms with E-state index in [0.29, 0.717) is 0 Å². The van der Waals surface area contributed by atoms with Gasteiger partial charge in [-0.25, -0.2) is 0 Å². The van der Waals surface area contributed by atoms with Crippen molar-refractivity contribution in [3.05, 3.63) is 35.9 Å². The molecule has 1 aromatic carbocycles. The van der Waals surface area contributed by atoms with E-state index in [1.165, 1.54) is 5.56 Å². The third-order valence-corrected chi connectivity index (χ3v) is 3.57. The fourth-order valence-corrected chi connectivity index (χ4v) is 2.92. The fraction of sp³-hybridized carbons (Fsp3) is 0.111. The van der Waals surface area contributed by atoms with E-state index in [4.69, 9.17) is 0 Å². The van der Waals surface area contributed by atoms with Crippen molar-refractivity contribution < 1.29 is 0 Å². The molecule has 0 aliphatic carbocycles. The number of hydrogen-bond donors (Lipinski definition) is 0. The van der Waals surface area contributed by atoms with Crippen LogP contribution in [0.4, 0.5) is 0 Å². The van der Waals surface area contributed by atoms with Gasteiger partial charge in [-0.3, -0.25) is 0 Å². The van der Waals surface area contributed by atoms with Crippen molar-refractivity contribution >= 4 is 28.2 Å². The molecular weight excluding hydrogens is 230 g/mol. The summed E-state index contributed by atoms with van der Waals surface area (Å²) in [5.41, 5.74) is 1.40. The van der Waals surface area contributed by atoms with Crippen LogP contribution >= 0.6 is 0 Å². The molecule has 10 heavy (non-hydrogen) atoms. The standard InChI is InChI=1S/C7H7.2CH2.Sb/c1-7-5-3-2-4-6-7;;;/h2-6H,1H2;2*1H2;. The van der Waals surface area contributed by atoms with Crippen molar-refractivity contribution in [2.75, 3.05) is 0 Å².